The summed E-state index contributed by atoms with van der Waals surface area (Å²) in [5.41, 5.74) is 0.382. The molecule has 1 aliphatic carbocycles. The summed E-state index contributed by atoms with van der Waals surface area (Å²) in [6, 6.07) is 4.40. The number of esters is 1. The maximum atomic E-state index is 13.4. The van der Waals surface area contributed by atoms with Crippen molar-refractivity contribution in [2.45, 2.75) is 76.7 Å². The first-order valence-electron chi connectivity index (χ1n) is 11.7. The van der Waals surface area contributed by atoms with E-state index in [1.807, 2.05) is 6.07 Å². The van der Waals surface area contributed by atoms with Gasteiger partial charge in [-0.3, -0.25) is 19.7 Å². The van der Waals surface area contributed by atoms with Crippen molar-refractivity contribution in [3.8, 4) is 5.75 Å². The van der Waals surface area contributed by atoms with E-state index < -0.39 is 29.3 Å². The van der Waals surface area contributed by atoms with Crippen LogP contribution in [0.5, 0.6) is 5.75 Å². The Kier molecular flexibility index (Phi) is 7.74. The lowest BCUT2D eigenvalue weighted by Crippen LogP contribution is -2.43. The summed E-state index contributed by atoms with van der Waals surface area (Å²) in [4.78, 5) is 37.7. The number of methoxy groups -OCH3 is 1. The van der Waals surface area contributed by atoms with Crippen LogP contribution in [-0.4, -0.2) is 36.6 Å². The molecule has 0 unspecified atom stereocenters. The second kappa shape index (κ2) is 10.3. The summed E-state index contributed by atoms with van der Waals surface area (Å²) < 4.78 is 10.5. The first kappa shape index (κ1) is 24.0. The van der Waals surface area contributed by atoms with Gasteiger partial charge in [0.2, 0.25) is 11.9 Å². The molecule has 176 valence electrons. The summed E-state index contributed by atoms with van der Waals surface area (Å²) in [5, 5.41) is 15.2. The van der Waals surface area contributed by atoms with E-state index in [9.17, 15) is 19.7 Å². The molecule has 1 saturated carbocycles. The lowest BCUT2D eigenvalue weighted by Gasteiger charge is -2.29. The highest BCUT2D eigenvalue weighted by molar-refractivity contribution is 6.07. The van der Waals surface area contributed by atoms with Gasteiger partial charge in [0.15, 0.2) is 0 Å². The molecular weight excluding hydrogens is 412 g/mol. The zero-order valence-electron chi connectivity index (χ0n) is 19.2. The topological polar surface area (TPSA) is 108 Å². The molecule has 32 heavy (non-hydrogen) atoms. The SMILES string of the molecule is CCCCCCC[C@H]1[C@H]([N+](=O)[O-])[C@H](CC(=O)OCC)C[C@]12C(=O)Nc1ccc(OC)cc12. The van der Waals surface area contributed by atoms with E-state index >= 15 is 0 Å². The van der Waals surface area contributed by atoms with Gasteiger partial charge in [0, 0.05) is 22.4 Å². The van der Waals surface area contributed by atoms with Crippen LogP contribution in [0.4, 0.5) is 5.69 Å². The molecule has 2 aliphatic rings. The van der Waals surface area contributed by atoms with Crippen LogP contribution in [0.15, 0.2) is 18.2 Å². The van der Waals surface area contributed by atoms with E-state index in [-0.39, 0.29) is 30.3 Å². The van der Waals surface area contributed by atoms with Crippen LogP contribution in [0, 0.1) is 22.0 Å². The highest BCUT2D eigenvalue weighted by Crippen LogP contribution is 2.57. The fraction of sp³-hybridized carbons (Fsp3) is 0.667. The minimum Gasteiger partial charge on any atom is -0.497 e. The van der Waals surface area contributed by atoms with Crippen LogP contribution in [0.25, 0.3) is 0 Å². The first-order chi connectivity index (χ1) is 15.4. The predicted octanol–water partition coefficient (Wildman–Crippen LogP) is 4.48. The normalized spacial score (nSPS) is 26.1. The standard InChI is InChI=1S/C24H34N2O6/c1-4-6-7-8-9-10-18-22(26(29)30)16(13-21(27)32-5-2)15-24(18)19-14-17(31-3)11-12-20(19)25-23(24)28/h11-12,14,16,18,22H,4-10,13,15H2,1-3H3,(H,25,28)/t16-,18+,22-,24+/m1/s1. The number of carbonyl (C=O) groups excluding carboxylic acids is 2. The van der Waals surface area contributed by atoms with Crippen molar-refractivity contribution in [1.29, 1.82) is 0 Å². The number of carbonyl (C=O) groups is 2. The molecule has 4 atom stereocenters. The van der Waals surface area contributed by atoms with Crippen molar-refractivity contribution < 1.29 is 24.0 Å². The largest absolute Gasteiger partial charge is 0.497 e. The number of nitro groups is 1. The van der Waals surface area contributed by atoms with Gasteiger partial charge < -0.3 is 14.8 Å². The van der Waals surface area contributed by atoms with Crippen molar-refractivity contribution >= 4 is 17.6 Å². The molecule has 0 bridgehead atoms. The molecule has 0 radical (unpaired) electrons. The highest BCUT2D eigenvalue weighted by Gasteiger charge is 2.65. The Morgan fingerprint density at radius 2 is 2.00 bits per heavy atom. The maximum absolute atomic E-state index is 13.4. The third-order valence-electron chi connectivity index (χ3n) is 7.07. The number of rotatable bonds is 11. The van der Waals surface area contributed by atoms with Crippen molar-refractivity contribution in [2.24, 2.45) is 11.8 Å². The minimum atomic E-state index is -1.04. The fourth-order valence-electron chi connectivity index (χ4n) is 5.69. The zero-order valence-corrected chi connectivity index (χ0v) is 19.2. The van der Waals surface area contributed by atoms with Gasteiger partial charge in [0.1, 0.15) is 5.75 Å². The Labute approximate surface area is 189 Å². The number of nitrogens with one attached hydrogen (secondary N) is 1. The van der Waals surface area contributed by atoms with E-state index in [0.29, 0.717) is 17.9 Å². The molecule has 1 heterocycles. The average molecular weight is 447 g/mol. The van der Waals surface area contributed by atoms with Gasteiger partial charge >= 0.3 is 5.97 Å². The van der Waals surface area contributed by atoms with E-state index in [0.717, 1.165) is 37.7 Å². The van der Waals surface area contributed by atoms with Crippen molar-refractivity contribution in [3.63, 3.8) is 0 Å². The van der Waals surface area contributed by atoms with Gasteiger partial charge in [-0.15, -0.1) is 0 Å². The van der Waals surface area contributed by atoms with Crippen LogP contribution < -0.4 is 10.1 Å². The monoisotopic (exact) mass is 446 g/mol. The smallest absolute Gasteiger partial charge is 0.306 e. The Balaban J connectivity index is 2.00. The number of ether oxygens (including phenoxy) is 2. The van der Waals surface area contributed by atoms with Gasteiger partial charge in [-0.05, 0) is 43.5 Å². The lowest BCUT2D eigenvalue weighted by molar-refractivity contribution is -0.537. The number of hydrogen-bond acceptors (Lipinski definition) is 6. The summed E-state index contributed by atoms with van der Waals surface area (Å²) in [5.74, 6) is -1.11. The molecule has 8 heteroatoms. The van der Waals surface area contributed by atoms with Gasteiger partial charge in [-0.2, -0.15) is 0 Å². The van der Waals surface area contributed by atoms with Crippen LogP contribution in [0.3, 0.4) is 0 Å². The molecule has 1 aromatic carbocycles. The zero-order chi connectivity index (χ0) is 23.3. The number of benzene rings is 1. The second-order valence-corrected chi connectivity index (χ2v) is 8.90. The fourth-order valence-corrected chi connectivity index (χ4v) is 5.69. The summed E-state index contributed by atoms with van der Waals surface area (Å²) >= 11 is 0. The number of hydrogen-bond donors (Lipinski definition) is 1. The highest BCUT2D eigenvalue weighted by atomic mass is 16.6. The molecule has 1 aliphatic heterocycles. The third kappa shape index (κ3) is 4.45. The number of unbranched alkanes of at least 4 members (excludes halogenated alkanes) is 4. The molecule has 1 N–H and O–H groups in total. The Morgan fingerprint density at radius 3 is 2.66 bits per heavy atom. The molecule has 0 saturated heterocycles. The quantitative estimate of drug-likeness (QED) is 0.232. The molecular formula is C24H34N2O6. The molecule has 3 rings (SSSR count). The molecule has 1 fully saturated rings. The molecule has 1 amide bonds. The number of amides is 1. The van der Waals surface area contributed by atoms with Gasteiger partial charge in [0.25, 0.3) is 0 Å². The molecule has 0 aromatic heterocycles. The second-order valence-electron chi connectivity index (χ2n) is 8.90. The number of anilines is 1. The van der Waals surface area contributed by atoms with Gasteiger partial charge in [-0.25, -0.2) is 0 Å². The predicted molar refractivity (Wildman–Crippen MR) is 120 cm³/mol. The van der Waals surface area contributed by atoms with E-state index in [4.69, 9.17) is 9.47 Å². The molecule has 8 nitrogen and oxygen atoms in total. The first-order valence-corrected chi connectivity index (χ1v) is 11.7. The van der Waals surface area contributed by atoms with Crippen molar-refractivity contribution in [1.82, 2.24) is 0 Å². The lowest BCUT2D eigenvalue weighted by atomic mass is 9.70. The van der Waals surface area contributed by atoms with Crippen molar-refractivity contribution in [3.05, 3.63) is 33.9 Å². The maximum Gasteiger partial charge on any atom is 0.306 e. The van der Waals surface area contributed by atoms with Crippen LogP contribution >= 0.6 is 0 Å². The van der Waals surface area contributed by atoms with Gasteiger partial charge in [0.05, 0.1) is 25.6 Å². The molecule has 1 aromatic rings. The Morgan fingerprint density at radius 1 is 1.25 bits per heavy atom. The van der Waals surface area contributed by atoms with Crippen molar-refractivity contribution in [2.75, 3.05) is 19.0 Å². The Bertz CT molecular complexity index is 857. The van der Waals surface area contributed by atoms with E-state index in [1.54, 1.807) is 26.2 Å². The number of nitrogens with zero attached hydrogens (tertiary/aromatic N) is 1. The van der Waals surface area contributed by atoms with Crippen LogP contribution in [0.2, 0.25) is 0 Å². The van der Waals surface area contributed by atoms with Crippen LogP contribution in [-0.2, 0) is 19.7 Å². The summed E-state index contributed by atoms with van der Waals surface area (Å²) in [6.07, 6.45) is 5.86. The summed E-state index contributed by atoms with van der Waals surface area (Å²) in [6.45, 7) is 4.08. The summed E-state index contributed by atoms with van der Waals surface area (Å²) in [7, 11) is 1.56. The average Bonchev–Trinajstić information content (AvgIpc) is 3.22. The minimum absolute atomic E-state index is 0.0554. The third-order valence-corrected chi connectivity index (χ3v) is 7.07. The number of fused-ring (bicyclic) bond motifs is 2. The molecule has 1 spiro atoms. The van der Waals surface area contributed by atoms with E-state index in [1.165, 1.54) is 0 Å². The Hall–Kier alpha value is -2.64. The van der Waals surface area contributed by atoms with Crippen LogP contribution in [0.1, 0.15) is 70.8 Å². The van der Waals surface area contributed by atoms with Gasteiger partial charge in [-0.1, -0.05) is 39.0 Å². The van der Waals surface area contributed by atoms with E-state index in [2.05, 4.69) is 12.2 Å².